The number of carbonyl (C=O) groups excluding carboxylic acids is 4. The van der Waals surface area contributed by atoms with Crippen LogP contribution in [0.1, 0.15) is 86.4 Å². The quantitative estimate of drug-likeness (QED) is 0.244. The number of benzene rings is 4. The Balaban J connectivity index is 0.000000117. The van der Waals surface area contributed by atoms with E-state index in [1.807, 2.05) is 4.90 Å². The number of piperidine rings is 3. The van der Waals surface area contributed by atoms with Gasteiger partial charge in [0.05, 0.1) is 25.4 Å². The Morgan fingerprint density at radius 1 is 0.437 bits per heavy atom. The average molecular weight is 968 g/mol. The molecule has 12 rings (SSSR count). The molecule has 4 amide bonds. The molecule has 366 valence electrons. The zero-order valence-corrected chi connectivity index (χ0v) is 38.5. The van der Waals surface area contributed by atoms with E-state index in [-0.39, 0.29) is 35.7 Å². The van der Waals surface area contributed by atoms with Crippen LogP contribution < -0.4 is 0 Å². The molecule has 0 unspecified atom stereocenters. The molecule has 71 heavy (non-hydrogen) atoms. The van der Waals surface area contributed by atoms with Crippen molar-refractivity contribution in [3.8, 4) is 6.07 Å². The molecule has 0 spiro atoms. The molecule has 4 fully saturated rings. The largest absolute Gasteiger partial charge is 0.393 e. The maximum Gasteiger partial charge on any atom is 0.254 e. The Kier molecular flexibility index (Phi) is 15.1. The number of ether oxygens (including phenoxy) is 1. The third-order valence-electron chi connectivity index (χ3n) is 12.7. The van der Waals surface area contributed by atoms with Gasteiger partial charge in [-0.1, -0.05) is 0 Å². The number of hydrogen-bond donors (Lipinski definition) is 1. The number of fused-ring (bicyclic) bond motifs is 4. The molecule has 0 radical (unpaired) electrons. The second kappa shape index (κ2) is 22.5. The summed E-state index contributed by atoms with van der Waals surface area (Å²) >= 11 is 0. The van der Waals surface area contributed by atoms with Gasteiger partial charge in [-0.15, -0.1) is 0 Å². The Morgan fingerprint density at radius 3 is 1.10 bits per heavy atom. The Bertz CT molecular complexity index is 3050. The van der Waals surface area contributed by atoms with E-state index >= 15 is 0 Å². The average Bonchev–Trinajstić information content (AvgIpc) is 4.29. The van der Waals surface area contributed by atoms with Crippen molar-refractivity contribution in [2.75, 3.05) is 65.6 Å². The van der Waals surface area contributed by atoms with Crippen LogP contribution >= 0.6 is 0 Å². The minimum Gasteiger partial charge on any atom is -0.393 e. The number of aliphatic hydroxyl groups excluding tert-OH is 1. The molecule has 4 aromatic carbocycles. The van der Waals surface area contributed by atoms with Crippen molar-refractivity contribution in [1.29, 1.82) is 5.26 Å². The molecule has 4 aliphatic heterocycles. The van der Waals surface area contributed by atoms with Gasteiger partial charge in [0.15, 0.2) is 0 Å². The number of amides is 4. The number of hydrogen-bond acceptors (Lipinski definition) is 19. The highest BCUT2D eigenvalue weighted by atomic mass is 16.6. The molecule has 8 aromatic rings. The van der Waals surface area contributed by atoms with Crippen LogP contribution in [0.5, 0.6) is 0 Å². The first-order chi connectivity index (χ1) is 34.7. The first-order valence-corrected chi connectivity index (χ1v) is 23.4. The number of rotatable bonds is 4. The summed E-state index contributed by atoms with van der Waals surface area (Å²) in [6, 6.07) is 23.0. The second-order valence-electron chi connectivity index (χ2n) is 17.3. The molecule has 8 heterocycles. The minimum absolute atomic E-state index is 0.00167. The van der Waals surface area contributed by atoms with Gasteiger partial charge in [-0.05, 0) is 159 Å². The second-order valence-corrected chi connectivity index (χ2v) is 17.3. The van der Waals surface area contributed by atoms with E-state index in [1.165, 1.54) is 6.42 Å². The van der Waals surface area contributed by atoms with Gasteiger partial charge in [-0.25, -0.2) is 18.5 Å². The molecule has 4 aromatic heterocycles. The first kappa shape index (κ1) is 47.8. The fourth-order valence-corrected chi connectivity index (χ4v) is 8.53. The molecule has 0 bridgehead atoms. The smallest absolute Gasteiger partial charge is 0.254 e. The summed E-state index contributed by atoms with van der Waals surface area (Å²) in [5, 5.41) is 48.0. The highest BCUT2D eigenvalue weighted by Gasteiger charge is 2.25. The summed E-state index contributed by atoms with van der Waals surface area (Å²) in [5.41, 5.74) is 7.44. The van der Waals surface area contributed by atoms with E-state index in [9.17, 15) is 24.3 Å². The van der Waals surface area contributed by atoms with E-state index in [2.05, 4.69) is 65.8 Å². The third-order valence-corrected chi connectivity index (χ3v) is 12.7. The lowest BCUT2D eigenvalue weighted by Crippen LogP contribution is -2.40. The SMILES string of the molecule is N#CC1CCN(C(=O)c2ccc3nonc3c2)CC1.O=C(c1ccc2nonc2c1)N1CCC(O)CC1.O=C(c1ccc2nonc2c1)N1CCCCC1.O=C(c1ccc2nonc2c1)N1CCOCC1. The maximum atomic E-state index is 12.3. The number of carbonyl (C=O) groups is 4. The highest BCUT2D eigenvalue weighted by Crippen LogP contribution is 2.22. The fourth-order valence-electron chi connectivity index (χ4n) is 8.53. The Labute approximate surface area is 404 Å². The standard InChI is InChI=1S/C13H12N4O2.C12H13N3O3.C12H13N3O2.C11H11N3O3/c14-8-9-3-5-17(6-4-9)13(18)10-1-2-11-12(7-10)16-19-15-11;16-9-3-5-15(6-4-9)12(17)8-1-2-10-11(7-8)14-18-13-10;16-12(15-6-2-1-3-7-15)9-4-5-10-11(8-9)14-17-13-10;15-11(14-3-5-16-6-4-14)8-1-2-9-10(7-8)13-17-12-9/h1-2,7,9H,3-6H2;1-2,7,9,16H,3-6H2;4-5,8H,1-3,6-7H2;1-2,7H,3-6H2. The lowest BCUT2D eigenvalue weighted by Gasteiger charge is -2.29. The van der Waals surface area contributed by atoms with E-state index in [0.29, 0.717) is 132 Å². The molecule has 0 saturated carbocycles. The van der Waals surface area contributed by atoms with Crippen LogP contribution in [0.3, 0.4) is 0 Å². The molecule has 4 saturated heterocycles. The zero-order chi connectivity index (χ0) is 49.1. The van der Waals surface area contributed by atoms with Crippen molar-refractivity contribution in [3.63, 3.8) is 0 Å². The summed E-state index contributed by atoms with van der Waals surface area (Å²) in [4.78, 5) is 56.1. The van der Waals surface area contributed by atoms with Crippen LogP contribution in [-0.4, -0.2) is 161 Å². The van der Waals surface area contributed by atoms with Gasteiger partial charge >= 0.3 is 0 Å². The molecule has 23 nitrogen and oxygen atoms in total. The maximum absolute atomic E-state index is 12.3. The van der Waals surface area contributed by atoms with Crippen LogP contribution in [0.15, 0.2) is 91.3 Å². The van der Waals surface area contributed by atoms with Crippen molar-refractivity contribution in [2.24, 2.45) is 5.92 Å². The van der Waals surface area contributed by atoms with Crippen LogP contribution in [0.25, 0.3) is 44.1 Å². The van der Waals surface area contributed by atoms with Crippen LogP contribution in [0, 0.1) is 17.2 Å². The van der Waals surface area contributed by atoms with Crippen LogP contribution in [0.4, 0.5) is 0 Å². The summed E-state index contributed by atoms with van der Waals surface area (Å²) in [6.07, 6.45) is 5.90. The molecule has 1 N–H and O–H groups in total. The van der Waals surface area contributed by atoms with Crippen molar-refractivity contribution < 1.29 is 47.5 Å². The summed E-state index contributed by atoms with van der Waals surface area (Å²) in [6.45, 7) is 6.62. The lowest BCUT2D eigenvalue weighted by atomic mass is 9.98. The van der Waals surface area contributed by atoms with Gasteiger partial charge in [-0.2, -0.15) is 5.26 Å². The molecule has 4 aliphatic rings. The van der Waals surface area contributed by atoms with Gasteiger partial charge in [0.2, 0.25) is 0 Å². The molecule has 0 atom stereocenters. The number of likely N-dealkylation sites (tertiary alicyclic amines) is 3. The van der Waals surface area contributed by atoms with E-state index in [4.69, 9.17) is 10.00 Å². The molecule has 23 heteroatoms. The number of nitrogens with zero attached hydrogens (tertiary/aromatic N) is 13. The van der Waals surface area contributed by atoms with Crippen molar-refractivity contribution in [2.45, 2.75) is 51.0 Å². The predicted molar refractivity (Wildman–Crippen MR) is 249 cm³/mol. The zero-order valence-electron chi connectivity index (χ0n) is 38.5. The summed E-state index contributed by atoms with van der Waals surface area (Å²) < 4.78 is 23.6. The van der Waals surface area contributed by atoms with Crippen molar-refractivity contribution in [1.82, 2.24) is 60.9 Å². The monoisotopic (exact) mass is 967 g/mol. The normalized spacial score (nSPS) is 16.6. The number of aliphatic hydroxyl groups is 1. The minimum atomic E-state index is -0.281. The Hall–Kier alpha value is -8.23. The fraction of sp³-hybridized carbons (Fsp3) is 0.396. The van der Waals surface area contributed by atoms with Gasteiger partial charge in [0.1, 0.15) is 44.1 Å². The van der Waals surface area contributed by atoms with E-state index < -0.39 is 0 Å². The van der Waals surface area contributed by atoms with E-state index in [1.54, 1.807) is 87.5 Å². The number of nitriles is 1. The van der Waals surface area contributed by atoms with Gasteiger partial charge in [0.25, 0.3) is 23.6 Å². The van der Waals surface area contributed by atoms with Crippen molar-refractivity contribution in [3.05, 3.63) is 95.1 Å². The first-order valence-electron chi connectivity index (χ1n) is 23.4. The van der Waals surface area contributed by atoms with Crippen molar-refractivity contribution >= 4 is 67.8 Å². The van der Waals surface area contributed by atoms with E-state index in [0.717, 1.165) is 38.8 Å². The van der Waals surface area contributed by atoms with Gasteiger partial charge in [-0.3, -0.25) is 19.2 Å². The molecular formula is C48H49N13O10. The molecular weight excluding hydrogens is 919 g/mol. The van der Waals surface area contributed by atoms with Gasteiger partial charge < -0.3 is 29.4 Å². The summed E-state index contributed by atoms with van der Waals surface area (Å²) in [7, 11) is 0. The topological polar surface area (TPSA) is 290 Å². The summed E-state index contributed by atoms with van der Waals surface area (Å²) in [5.74, 6) is 0.0900. The van der Waals surface area contributed by atoms with Crippen LogP contribution in [-0.2, 0) is 4.74 Å². The highest BCUT2D eigenvalue weighted by molar-refractivity contribution is 5.99. The third kappa shape index (κ3) is 11.6. The van der Waals surface area contributed by atoms with Gasteiger partial charge in [0, 0.05) is 80.5 Å². The van der Waals surface area contributed by atoms with Crippen LogP contribution in [0.2, 0.25) is 0 Å². The molecule has 0 aliphatic carbocycles. The number of morpholine rings is 1. The predicted octanol–water partition coefficient (Wildman–Crippen LogP) is 4.96. The Morgan fingerprint density at radius 2 is 0.746 bits per heavy atom. The number of aromatic nitrogens is 8. The lowest BCUT2D eigenvalue weighted by molar-refractivity contribution is 0.0303.